The lowest BCUT2D eigenvalue weighted by Gasteiger charge is -2.11. The highest BCUT2D eigenvalue weighted by Gasteiger charge is 2.15. The van der Waals surface area contributed by atoms with Gasteiger partial charge in [-0.15, -0.1) is 11.3 Å². The molecule has 18 heavy (non-hydrogen) atoms. The summed E-state index contributed by atoms with van der Waals surface area (Å²) in [5, 5.41) is 14.1. The molecule has 0 aliphatic carbocycles. The third-order valence-electron chi connectivity index (χ3n) is 2.33. The second kappa shape index (κ2) is 5.67. The van der Waals surface area contributed by atoms with E-state index in [2.05, 4.69) is 11.4 Å². The third kappa shape index (κ3) is 2.89. The molecule has 0 saturated carbocycles. The van der Waals surface area contributed by atoms with Crippen LogP contribution in [0.2, 0.25) is 5.02 Å². The second-order valence-corrected chi connectivity index (χ2v) is 4.95. The first-order valence-corrected chi connectivity index (χ1v) is 6.46. The van der Waals surface area contributed by atoms with Gasteiger partial charge < -0.3 is 5.32 Å². The van der Waals surface area contributed by atoms with E-state index in [9.17, 15) is 4.79 Å². The Morgan fingerprint density at radius 3 is 2.83 bits per heavy atom. The Balaban J connectivity index is 2.16. The van der Waals surface area contributed by atoms with Gasteiger partial charge in [-0.25, -0.2) is 0 Å². The van der Waals surface area contributed by atoms with Gasteiger partial charge >= 0.3 is 0 Å². The first kappa shape index (κ1) is 12.6. The average molecular weight is 277 g/mol. The maximum atomic E-state index is 11.8. The number of hydrogen-bond donors (Lipinski definition) is 1. The molecule has 0 saturated heterocycles. The van der Waals surface area contributed by atoms with Crippen molar-refractivity contribution in [3.8, 4) is 6.07 Å². The summed E-state index contributed by atoms with van der Waals surface area (Å²) >= 11 is 7.20. The molecule has 5 heteroatoms. The largest absolute Gasteiger partial charge is 0.332 e. The van der Waals surface area contributed by atoms with Crippen molar-refractivity contribution in [1.29, 1.82) is 5.26 Å². The molecule has 2 aromatic rings. The predicted octanol–water partition coefficient (Wildman–Crippen LogP) is 3.40. The Hall–Kier alpha value is -1.83. The van der Waals surface area contributed by atoms with Crippen LogP contribution in [0.25, 0.3) is 0 Å². The van der Waals surface area contributed by atoms with Crippen LogP contribution in [-0.4, -0.2) is 5.91 Å². The van der Waals surface area contributed by atoms with Gasteiger partial charge in [0, 0.05) is 5.02 Å². The van der Waals surface area contributed by atoms with E-state index in [0.717, 1.165) is 0 Å². The van der Waals surface area contributed by atoms with Crippen LogP contribution < -0.4 is 5.32 Å². The van der Waals surface area contributed by atoms with E-state index in [0.29, 0.717) is 15.5 Å². The summed E-state index contributed by atoms with van der Waals surface area (Å²) in [5.74, 6) is -0.253. The molecule has 0 aliphatic heterocycles. The molecule has 1 amide bonds. The number of halogens is 1. The van der Waals surface area contributed by atoms with Crippen molar-refractivity contribution in [3.05, 3.63) is 57.2 Å². The van der Waals surface area contributed by atoms with Crippen molar-refractivity contribution in [2.75, 3.05) is 0 Å². The molecule has 1 N–H and O–H groups in total. The van der Waals surface area contributed by atoms with E-state index in [4.69, 9.17) is 16.9 Å². The summed E-state index contributed by atoms with van der Waals surface area (Å²) in [6.45, 7) is 0. The van der Waals surface area contributed by atoms with Crippen molar-refractivity contribution >= 4 is 28.8 Å². The van der Waals surface area contributed by atoms with Crippen LogP contribution in [-0.2, 0) is 0 Å². The van der Waals surface area contributed by atoms with Crippen molar-refractivity contribution < 1.29 is 4.79 Å². The number of thiophene rings is 1. The molecule has 1 aromatic carbocycles. The summed E-state index contributed by atoms with van der Waals surface area (Å²) in [6.07, 6.45) is 0. The maximum Gasteiger partial charge on any atom is 0.262 e. The standard InChI is InChI=1S/C13H9ClN2OS/c14-10-4-1-3-9(7-10)11(8-15)16-13(17)12-5-2-6-18-12/h1-7,11H,(H,16,17). The zero-order valence-electron chi connectivity index (χ0n) is 9.26. The SMILES string of the molecule is N#CC(NC(=O)c1cccs1)c1cccc(Cl)c1. The minimum atomic E-state index is -0.696. The van der Waals surface area contributed by atoms with Crippen LogP contribution in [0.15, 0.2) is 41.8 Å². The molecule has 90 valence electrons. The van der Waals surface area contributed by atoms with Gasteiger partial charge in [0.15, 0.2) is 0 Å². The van der Waals surface area contributed by atoms with Crippen molar-refractivity contribution in [2.24, 2.45) is 0 Å². The van der Waals surface area contributed by atoms with Gasteiger partial charge in [-0.05, 0) is 29.1 Å². The monoisotopic (exact) mass is 276 g/mol. The quantitative estimate of drug-likeness (QED) is 0.934. The lowest BCUT2D eigenvalue weighted by atomic mass is 10.1. The fraction of sp³-hybridized carbons (Fsp3) is 0.0769. The van der Waals surface area contributed by atoms with Crippen LogP contribution >= 0.6 is 22.9 Å². The van der Waals surface area contributed by atoms with Crippen LogP contribution in [0.3, 0.4) is 0 Å². The van der Waals surface area contributed by atoms with E-state index >= 15 is 0 Å². The summed E-state index contributed by atoms with van der Waals surface area (Å²) in [7, 11) is 0. The molecule has 2 rings (SSSR count). The molecular weight excluding hydrogens is 268 g/mol. The molecule has 1 atom stereocenters. The van der Waals surface area contributed by atoms with Gasteiger partial charge in [0.1, 0.15) is 6.04 Å². The van der Waals surface area contributed by atoms with E-state index in [1.54, 1.807) is 36.4 Å². The predicted molar refractivity (Wildman–Crippen MR) is 71.6 cm³/mol. The van der Waals surface area contributed by atoms with E-state index in [1.165, 1.54) is 11.3 Å². The highest BCUT2D eigenvalue weighted by Crippen LogP contribution is 2.18. The van der Waals surface area contributed by atoms with Crippen LogP contribution in [0.4, 0.5) is 0 Å². The number of hydrogen-bond acceptors (Lipinski definition) is 3. The number of benzene rings is 1. The number of nitriles is 1. The Morgan fingerprint density at radius 2 is 2.22 bits per heavy atom. The molecule has 1 heterocycles. The number of nitrogens with zero attached hydrogens (tertiary/aromatic N) is 1. The number of amides is 1. The van der Waals surface area contributed by atoms with Gasteiger partial charge in [-0.1, -0.05) is 29.8 Å². The van der Waals surface area contributed by atoms with Gasteiger partial charge in [0.2, 0.25) is 0 Å². The van der Waals surface area contributed by atoms with Crippen molar-refractivity contribution in [1.82, 2.24) is 5.32 Å². The molecule has 0 radical (unpaired) electrons. The van der Waals surface area contributed by atoms with Gasteiger partial charge in [0.25, 0.3) is 5.91 Å². The fourth-order valence-corrected chi connectivity index (χ4v) is 2.31. The third-order valence-corrected chi connectivity index (χ3v) is 3.44. The lowest BCUT2D eigenvalue weighted by Crippen LogP contribution is -2.26. The minimum Gasteiger partial charge on any atom is -0.332 e. The summed E-state index contributed by atoms with van der Waals surface area (Å²) in [5.41, 5.74) is 0.676. The second-order valence-electron chi connectivity index (χ2n) is 3.57. The van der Waals surface area contributed by atoms with E-state index in [1.807, 2.05) is 5.38 Å². The van der Waals surface area contributed by atoms with Gasteiger partial charge in [0.05, 0.1) is 10.9 Å². The Kier molecular flexibility index (Phi) is 3.98. The molecule has 0 aliphatic rings. The minimum absolute atomic E-state index is 0.253. The van der Waals surface area contributed by atoms with E-state index in [-0.39, 0.29) is 5.91 Å². The number of rotatable bonds is 3. The summed E-state index contributed by atoms with van der Waals surface area (Å²) in [6, 6.07) is 11.8. The lowest BCUT2D eigenvalue weighted by molar-refractivity contribution is 0.0949. The first-order valence-electron chi connectivity index (χ1n) is 5.20. The van der Waals surface area contributed by atoms with Crippen LogP contribution in [0, 0.1) is 11.3 Å². The zero-order valence-corrected chi connectivity index (χ0v) is 10.8. The van der Waals surface area contributed by atoms with Crippen molar-refractivity contribution in [2.45, 2.75) is 6.04 Å². The first-order chi connectivity index (χ1) is 8.70. The van der Waals surface area contributed by atoms with Crippen molar-refractivity contribution in [3.63, 3.8) is 0 Å². The highest BCUT2D eigenvalue weighted by molar-refractivity contribution is 7.12. The molecule has 0 spiro atoms. The van der Waals surface area contributed by atoms with Crippen LogP contribution in [0.5, 0.6) is 0 Å². The number of carbonyl (C=O) groups excluding carboxylic acids is 1. The van der Waals surface area contributed by atoms with E-state index < -0.39 is 6.04 Å². The maximum absolute atomic E-state index is 11.8. The molecule has 0 bridgehead atoms. The number of nitrogens with one attached hydrogen (secondary N) is 1. The molecule has 0 fully saturated rings. The zero-order chi connectivity index (χ0) is 13.0. The fourth-order valence-electron chi connectivity index (χ4n) is 1.49. The smallest absolute Gasteiger partial charge is 0.262 e. The van der Waals surface area contributed by atoms with Gasteiger partial charge in [-0.2, -0.15) is 5.26 Å². The molecule has 1 unspecified atom stereocenters. The summed E-state index contributed by atoms with van der Waals surface area (Å²) in [4.78, 5) is 12.4. The molecule has 3 nitrogen and oxygen atoms in total. The average Bonchev–Trinajstić information content (AvgIpc) is 2.89. The topological polar surface area (TPSA) is 52.9 Å². The normalized spacial score (nSPS) is 11.6. The molecule has 1 aromatic heterocycles. The van der Waals surface area contributed by atoms with Gasteiger partial charge in [-0.3, -0.25) is 4.79 Å². The highest BCUT2D eigenvalue weighted by atomic mass is 35.5. The Labute approximate surface area is 114 Å². The number of carbonyl (C=O) groups is 1. The Morgan fingerprint density at radius 1 is 1.39 bits per heavy atom. The summed E-state index contributed by atoms with van der Waals surface area (Å²) < 4.78 is 0. The molecular formula is C13H9ClN2OS. The van der Waals surface area contributed by atoms with Crippen LogP contribution in [0.1, 0.15) is 21.3 Å². The Bertz CT molecular complexity index is 589.